The summed E-state index contributed by atoms with van der Waals surface area (Å²) >= 11 is 0. The molecule has 0 aromatic carbocycles. The van der Waals surface area contributed by atoms with Crippen molar-refractivity contribution in [3.8, 4) is 0 Å². The maximum absolute atomic E-state index is 5.81. The molecule has 2 fully saturated rings. The highest BCUT2D eigenvalue weighted by molar-refractivity contribution is 5.79. The quantitative estimate of drug-likeness (QED) is 0.351. The van der Waals surface area contributed by atoms with Crippen molar-refractivity contribution in [2.45, 2.75) is 45.4 Å². The number of piperidine rings is 1. The van der Waals surface area contributed by atoms with Crippen LogP contribution in [-0.4, -0.2) is 77.1 Å². The molecule has 0 saturated carbocycles. The molecule has 6 nitrogen and oxygen atoms in total. The first-order valence-electron chi connectivity index (χ1n) is 10.6. The van der Waals surface area contributed by atoms with E-state index in [1.807, 2.05) is 7.05 Å². The largest absolute Gasteiger partial charge is 0.381 e. The first-order chi connectivity index (χ1) is 12.8. The molecule has 0 aromatic heterocycles. The Morgan fingerprint density at radius 2 is 1.88 bits per heavy atom. The Bertz CT molecular complexity index is 378. The SMILES string of the molecule is CCCN1CCC(CNC(=NC)NCCCOCC2CCOCC2)CC1. The van der Waals surface area contributed by atoms with Crippen molar-refractivity contribution in [1.29, 1.82) is 0 Å². The molecular formula is C20H40N4O2. The zero-order valence-electron chi connectivity index (χ0n) is 17.0. The van der Waals surface area contributed by atoms with E-state index in [0.29, 0.717) is 5.92 Å². The predicted molar refractivity (Wildman–Crippen MR) is 108 cm³/mol. The maximum atomic E-state index is 5.81. The lowest BCUT2D eigenvalue weighted by Crippen LogP contribution is -2.43. The Hall–Kier alpha value is -0.850. The Morgan fingerprint density at radius 1 is 1.12 bits per heavy atom. The van der Waals surface area contributed by atoms with Gasteiger partial charge in [-0.25, -0.2) is 0 Å². The van der Waals surface area contributed by atoms with Crippen LogP contribution < -0.4 is 10.6 Å². The van der Waals surface area contributed by atoms with Gasteiger partial charge < -0.3 is 25.0 Å². The summed E-state index contributed by atoms with van der Waals surface area (Å²) < 4.78 is 11.2. The molecule has 0 atom stereocenters. The fourth-order valence-corrected chi connectivity index (χ4v) is 3.74. The van der Waals surface area contributed by atoms with Crippen molar-refractivity contribution in [2.24, 2.45) is 16.8 Å². The fourth-order valence-electron chi connectivity index (χ4n) is 3.74. The second kappa shape index (κ2) is 13.3. The molecule has 0 bridgehead atoms. The van der Waals surface area contributed by atoms with Crippen LogP contribution in [0.3, 0.4) is 0 Å². The molecule has 2 rings (SSSR count). The Labute approximate surface area is 160 Å². The van der Waals surface area contributed by atoms with E-state index in [1.165, 1.54) is 38.9 Å². The van der Waals surface area contributed by atoms with Crippen molar-refractivity contribution < 1.29 is 9.47 Å². The van der Waals surface area contributed by atoms with E-state index >= 15 is 0 Å². The third-order valence-corrected chi connectivity index (χ3v) is 5.48. The van der Waals surface area contributed by atoms with Crippen LogP contribution in [0.2, 0.25) is 0 Å². The highest BCUT2D eigenvalue weighted by Crippen LogP contribution is 2.16. The number of hydrogen-bond donors (Lipinski definition) is 2. The molecule has 0 aliphatic carbocycles. The first-order valence-corrected chi connectivity index (χ1v) is 10.6. The normalized spacial score (nSPS) is 21.1. The number of guanidine groups is 1. The minimum absolute atomic E-state index is 0.690. The van der Waals surface area contributed by atoms with Gasteiger partial charge in [-0.1, -0.05) is 6.92 Å². The molecule has 6 heteroatoms. The minimum atomic E-state index is 0.690. The molecule has 0 radical (unpaired) electrons. The number of nitrogens with zero attached hydrogens (tertiary/aromatic N) is 2. The summed E-state index contributed by atoms with van der Waals surface area (Å²) in [5.74, 6) is 2.38. The van der Waals surface area contributed by atoms with Gasteiger partial charge in [0, 0.05) is 46.6 Å². The number of ether oxygens (including phenoxy) is 2. The summed E-state index contributed by atoms with van der Waals surface area (Å²) in [7, 11) is 1.85. The average molecular weight is 369 g/mol. The second-order valence-corrected chi connectivity index (χ2v) is 7.65. The Kier molecular flexibility index (Phi) is 11.0. The minimum Gasteiger partial charge on any atom is -0.381 e. The maximum Gasteiger partial charge on any atom is 0.190 e. The van der Waals surface area contributed by atoms with Gasteiger partial charge in [0.1, 0.15) is 0 Å². The van der Waals surface area contributed by atoms with Crippen LogP contribution in [0.25, 0.3) is 0 Å². The van der Waals surface area contributed by atoms with E-state index in [1.54, 1.807) is 0 Å². The first kappa shape index (κ1) is 21.5. The molecule has 0 spiro atoms. The monoisotopic (exact) mass is 368 g/mol. The lowest BCUT2D eigenvalue weighted by Gasteiger charge is -2.32. The topological polar surface area (TPSA) is 58.1 Å². The third kappa shape index (κ3) is 8.69. The average Bonchev–Trinajstić information content (AvgIpc) is 2.69. The number of nitrogens with one attached hydrogen (secondary N) is 2. The van der Waals surface area contributed by atoms with Gasteiger partial charge in [0.05, 0.1) is 0 Å². The molecule has 2 aliphatic heterocycles. The van der Waals surface area contributed by atoms with Gasteiger partial charge in [0.15, 0.2) is 5.96 Å². The van der Waals surface area contributed by atoms with Crippen LogP contribution in [-0.2, 0) is 9.47 Å². The second-order valence-electron chi connectivity index (χ2n) is 7.65. The van der Waals surface area contributed by atoms with Crippen LogP contribution in [0.1, 0.15) is 45.4 Å². The van der Waals surface area contributed by atoms with Crippen LogP contribution in [0.15, 0.2) is 4.99 Å². The Balaban J connectivity index is 1.46. The van der Waals surface area contributed by atoms with E-state index in [-0.39, 0.29) is 0 Å². The lowest BCUT2D eigenvalue weighted by molar-refractivity contribution is 0.0203. The van der Waals surface area contributed by atoms with E-state index in [2.05, 4.69) is 27.4 Å². The molecule has 152 valence electrons. The van der Waals surface area contributed by atoms with Crippen molar-refractivity contribution in [2.75, 3.05) is 66.2 Å². The summed E-state index contributed by atoms with van der Waals surface area (Å²) in [5, 5.41) is 6.90. The molecule has 2 saturated heterocycles. The smallest absolute Gasteiger partial charge is 0.190 e. The standard InChI is InChI=1S/C20H40N4O2/c1-3-10-24-11-5-18(6-12-24)16-23-20(21-2)22-9-4-13-26-17-19-7-14-25-15-8-19/h18-19H,3-17H2,1-2H3,(H2,21,22,23). The number of likely N-dealkylation sites (tertiary alicyclic amines) is 1. The van der Waals surface area contributed by atoms with Gasteiger partial charge >= 0.3 is 0 Å². The zero-order chi connectivity index (χ0) is 18.5. The van der Waals surface area contributed by atoms with E-state index < -0.39 is 0 Å². The van der Waals surface area contributed by atoms with Crippen LogP contribution >= 0.6 is 0 Å². The van der Waals surface area contributed by atoms with Gasteiger partial charge in [-0.2, -0.15) is 0 Å². The van der Waals surface area contributed by atoms with Crippen LogP contribution in [0.5, 0.6) is 0 Å². The molecule has 0 amide bonds. The van der Waals surface area contributed by atoms with Gasteiger partial charge in [-0.3, -0.25) is 4.99 Å². The molecule has 2 N–H and O–H groups in total. The van der Waals surface area contributed by atoms with E-state index in [9.17, 15) is 0 Å². The van der Waals surface area contributed by atoms with Crippen LogP contribution in [0, 0.1) is 11.8 Å². The summed E-state index contributed by atoms with van der Waals surface area (Å²) in [6.07, 6.45) is 7.16. The fraction of sp³-hybridized carbons (Fsp3) is 0.950. The number of rotatable bonds is 10. The molecule has 0 aromatic rings. The summed E-state index contributed by atoms with van der Waals surface area (Å²) in [6, 6.07) is 0. The van der Waals surface area contributed by atoms with Gasteiger partial charge in [-0.15, -0.1) is 0 Å². The van der Waals surface area contributed by atoms with E-state index in [0.717, 1.165) is 70.7 Å². The zero-order valence-corrected chi connectivity index (χ0v) is 17.0. The lowest BCUT2D eigenvalue weighted by atomic mass is 9.97. The molecular weight excluding hydrogens is 328 g/mol. The molecule has 26 heavy (non-hydrogen) atoms. The number of aliphatic imine (C=N–C) groups is 1. The predicted octanol–water partition coefficient (Wildman–Crippen LogP) is 2.11. The van der Waals surface area contributed by atoms with Crippen molar-refractivity contribution in [3.63, 3.8) is 0 Å². The third-order valence-electron chi connectivity index (χ3n) is 5.48. The summed E-state index contributed by atoms with van der Waals surface area (Å²) in [6.45, 7) is 11.4. The number of hydrogen-bond acceptors (Lipinski definition) is 4. The highest BCUT2D eigenvalue weighted by atomic mass is 16.5. The summed E-state index contributed by atoms with van der Waals surface area (Å²) in [5.41, 5.74) is 0. The van der Waals surface area contributed by atoms with Gasteiger partial charge in [0.25, 0.3) is 0 Å². The summed E-state index contributed by atoms with van der Waals surface area (Å²) in [4.78, 5) is 6.92. The van der Waals surface area contributed by atoms with Crippen LogP contribution in [0.4, 0.5) is 0 Å². The van der Waals surface area contributed by atoms with Gasteiger partial charge in [-0.05, 0) is 70.0 Å². The van der Waals surface area contributed by atoms with Crippen molar-refractivity contribution in [3.05, 3.63) is 0 Å². The van der Waals surface area contributed by atoms with Crippen molar-refractivity contribution in [1.82, 2.24) is 15.5 Å². The van der Waals surface area contributed by atoms with E-state index in [4.69, 9.17) is 9.47 Å². The molecule has 2 heterocycles. The molecule has 0 unspecified atom stereocenters. The highest BCUT2D eigenvalue weighted by Gasteiger charge is 2.18. The van der Waals surface area contributed by atoms with Crippen molar-refractivity contribution >= 4 is 5.96 Å². The Morgan fingerprint density at radius 3 is 2.58 bits per heavy atom. The molecule has 2 aliphatic rings. The van der Waals surface area contributed by atoms with Gasteiger partial charge in [0.2, 0.25) is 0 Å².